The van der Waals surface area contributed by atoms with Crippen LogP contribution in [0.2, 0.25) is 5.02 Å². The van der Waals surface area contributed by atoms with Gasteiger partial charge in [0.15, 0.2) is 0 Å². The molecule has 1 heterocycles. The Morgan fingerprint density at radius 1 is 1.56 bits per heavy atom. The summed E-state index contributed by atoms with van der Waals surface area (Å²) >= 11 is 6.02. The highest BCUT2D eigenvalue weighted by atomic mass is 35.5. The minimum Gasteiger partial charge on any atom is -0.388 e. The number of fused-ring (bicyclic) bond motifs is 1. The molecule has 1 aromatic carbocycles. The van der Waals surface area contributed by atoms with Crippen LogP contribution in [0.25, 0.3) is 0 Å². The summed E-state index contributed by atoms with van der Waals surface area (Å²) in [6.45, 7) is 3.96. The van der Waals surface area contributed by atoms with Gasteiger partial charge in [-0.15, -0.1) is 0 Å². The molecule has 86 valence electrons. The number of benzene rings is 1. The van der Waals surface area contributed by atoms with E-state index in [1.165, 1.54) is 6.92 Å². The molecular formula is C12H14ClNO2. The number of hydrogen-bond donors (Lipinski definition) is 1. The summed E-state index contributed by atoms with van der Waals surface area (Å²) in [6, 6.07) is 3.57. The lowest BCUT2D eigenvalue weighted by Crippen LogP contribution is -2.35. The average molecular weight is 240 g/mol. The lowest BCUT2D eigenvalue weighted by atomic mass is 9.94. The predicted molar refractivity (Wildman–Crippen MR) is 63.8 cm³/mol. The highest BCUT2D eigenvalue weighted by Gasteiger charge is 2.27. The van der Waals surface area contributed by atoms with Gasteiger partial charge in [-0.05, 0) is 31.0 Å². The van der Waals surface area contributed by atoms with Gasteiger partial charge in [-0.1, -0.05) is 11.6 Å². The molecule has 0 saturated carbocycles. The Morgan fingerprint density at radius 2 is 2.25 bits per heavy atom. The van der Waals surface area contributed by atoms with Crippen molar-refractivity contribution in [2.75, 3.05) is 11.4 Å². The van der Waals surface area contributed by atoms with E-state index >= 15 is 0 Å². The fraction of sp³-hybridized carbons (Fsp3) is 0.417. The van der Waals surface area contributed by atoms with Crippen molar-refractivity contribution >= 4 is 23.2 Å². The van der Waals surface area contributed by atoms with E-state index in [0.29, 0.717) is 18.0 Å². The number of halogens is 1. The number of nitrogens with zero attached hydrogens (tertiary/aromatic N) is 1. The summed E-state index contributed by atoms with van der Waals surface area (Å²) in [7, 11) is 0. The molecular weight excluding hydrogens is 226 g/mol. The largest absolute Gasteiger partial charge is 0.388 e. The van der Waals surface area contributed by atoms with Crippen LogP contribution in [0.4, 0.5) is 5.69 Å². The van der Waals surface area contributed by atoms with E-state index in [4.69, 9.17) is 11.6 Å². The highest BCUT2D eigenvalue weighted by molar-refractivity contribution is 6.31. The minimum absolute atomic E-state index is 0.00475. The fourth-order valence-electron chi connectivity index (χ4n) is 2.19. The smallest absolute Gasteiger partial charge is 0.223 e. The molecule has 3 nitrogen and oxygen atoms in total. The molecule has 0 spiro atoms. The quantitative estimate of drug-likeness (QED) is 0.756. The van der Waals surface area contributed by atoms with Crippen LogP contribution in [0.3, 0.4) is 0 Å². The van der Waals surface area contributed by atoms with Crippen molar-refractivity contribution < 1.29 is 9.90 Å². The molecule has 1 aromatic rings. The van der Waals surface area contributed by atoms with E-state index in [9.17, 15) is 9.90 Å². The van der Waals surface area contributed by atoms with Crippen molar-refractivity contribution in [3.8, 4) is 0 Å². The third-order valence-corrected chi connectivity index (χ3v) is 3.47. The van der Waals surface area contributed by atoms with Crippen LogP contribution in [0, 0.1) is 6.92 Å². The van der Waals surface area contributed by atoms with Crippen molar-refractivity contribution in [2.45, 2.75) is 26.4 Å². The van der Waals surface area contributed by atoms with Gasteiger partial charge in [0.2, 0.25) is 5.91 Å². The first-order valence-electron chi connectivity index (χ1n) is 5.27. The Hall–Kier alpha value is -1.06. The molecule has 1 unspecified atom stereocenters. The molecule has 0 radical (unpaired) electrons. The molecule has 0 saturated heterocycles. The monoisotopic (exact) mass is 239 g/mol. The lowest BCUT2D eigenvalue weighted by Gasteiger charge is -2.32. The topological polar surface area (TPSA) is 40.5 Å². The van der Waals surface area contributed by atoms with Crippen molar-refractivity contribution in [2.24, 2.45) is 0 Å². The molecule has 1 atom stereocenters. The van der Waals surface area contributed by atoms with E-state index in [1.54, 1.807) is 17.0 Å². The number of aliphatic hydroxyl groups is 1. The van der Waals surface area contributed by atoms with Crippen LogP contribution in [-0.4, -0.2) is 17.6 Å². The van der Waals surface area contributed by atoms with Crippen LogP contribution >= 0.6 is 11.6 Å². The lowest BCUT2D eigenvalue weighted by molar-refractivity contribution is -0.116. The van der Waals surface area contributed by atoms with Gasteiger partial charge in [0, 0.05) is 29.7 Å². The van der Waals surface area contributed by atoms with E-state index in [0.717, 1.165) is 16.8 Å². The fourth-order valence-corrected chi connectivity index (χ4v) is 2.35. The number of amides is 1. The van der Waals surface area contributed by atoms with Gasteiger partial charge in [0.25, 0.3) is 0 Å². The summed E-state index contributed by atoms with van der Waals surface area (Å²) in [5.74, 6) is -0.00475. The van der Waals surface area contributed by atoms with Crippen LogP contribution in [0.15, 0.2) is 12.1 Å². The summed E-state index contributed by atoms with van der Waals surface area (Å²) in [6.07, 6.45) is 0.0395. The number of hydrogen-bond acceptors (Lipinski definition) is 2. The van der Waals surface area contributed by atoms with Gasteiger partial charge >= 0.3 is 0 Å². The highest BCUT2D eigenvalue weighted by Crippen LogP contribution is 2.38. The summed E-state index contributed by atoms with van der Waals surface area (Å²) in [5, 5.41) is 10.6. The van der Waals surface area contributed by atoms with E-state index < -0.39 is 6.10 Å². The van der Waals surface area contributed by atoms with Crippen LogP contribution in [0.5, 0.6) is 0 Å². The van der Waals surface area contributed by atoms with Crippen molar-refractivity contribution in [1.82, 2.24) is 0 Å². The summed E-state index contributed by atoms with van der Waals surface area (Å²) in [4.78, 5) is 13.2. The Kier molecular flexibility index (Phi) is 2.91. The van der Waals surface area contributed by atoms with Crippen LogP contribution in [0.1, 0.15) is 30.6 Å². The molecule has 0 aliphatic carbocycles. The minimum atomic E-state index is -0.524. The first-order valence-corrected chi connectivity index (χ1v) is 5.65. The van der Waals surface area contributed by atoms with Gasteiger partial charge in [-0.25, -0.2) is 0 Å². The van der Waals surface area contributed by atoms with Crippen molar-refractivity contribution in [3.05, 3.63) is 28.3 Å². The maximum atomic E-state index is 11.5. The van der Waals surface area contributed by atoms with E-state index in [2.05, 4.69) is 0 Å². The van der Waals surface area contributed by atoms with Crippen LogP contribution < -0.4 is 4.90 Å². The SMILES string of the molecule is CC(=O)N1CCC(O)c2c1ccc(Cl)c2C. The molecule has 2 rings (SSSR count). The molecule has 0 bridgehead atoms. The second-order valence-electron chi connectivity index (χ2n) is 4.08. The Morgan fingerprint density at radius 3 is 2.88 bits per heavy atom. The van der Waals surface area contributed by atoms with E-state index in [-0.39, 0.29) is 5.91 Å². The van der Waals surface area contributed by atoms with Crippen molar-refractivity contribution in [3.63, 3.8) is 0 Å². The zero-order valence-electron chi connectivity index (χ0n) is 9.33. The molecule has 4 heteroatoms. The Balaban J connectivity index is 2.60. The third-order valence-electron chi connectivity index (χ3n) is 3.06. The van der Waals surface area contributed by atoms with Crippen molar-refractivity contribution in [1.29, 1.82) is 0 Å². The molecule has 0 aromatic heterocycles. The van der Waals surface area contributed by atoms with Gasteiger partial charge in [-0.3, -0.25) is 4.79 Å². The number of carbonyl (C=O) groups excluding carboxylic acids is 1. The van der Waals surface area contributed by atoms with Gasteiger partial charge < -0.3 is 10.0 Å². The second-order valence-corrected chi connectivity index (χ2v) is 4.49. The van der Waals surface area contributed by atoms with Gasteiger partial charge in [0.05, 0.1) is 6.10 Å². The second kappa shape index (κ2) is 4.07. The van der Waals surface area contributed by atoms with Crippen LogP contribution in [-0.2, 0) is 4.79 Å². The maximum Gasteiger partial charge on any atom is 0.223 e. The molecule has 1 N–H and O–H groups in total. The predicted octanol–water partition coefficient (Wildman–Crippen LogP) is 2.44. The maximum absolute atomic E-state index is 11.5. The zero-order chi connectivity index (χ0) is 11.9. The molecule has 1 amide bonds. The number of aliphatic hydroxyl groups excluding tert-OH is 1. The first-order chi connectivity index (χ1) is 7.52. The van der Waals surface area contributed by atoms with Gasteiger partial charge in [-0.2, -0.15) is 0 Å². The zero-order valence-corrected chi connectivity index (χ0v) is 10.1. The molecule has 1 aliphatic heterocycles. The van der Waals surface area contributed by atoms with Gasteiger partial charge in [0.1, 0.15) is 0 Å². The first kappa shape index (κ1) is 11.4. The van der Waals surface area contributed by atoms with E-state index in [1.807, 2.05) is 6.92 Å². The standard InChI is InChI=1S/C12H14ClNO2/c1-7-9(13)3-4-10-12(7)11(16)5-6-14(10)8(2)15/h3-4,11,16H,5-6H2,1-2H3. The third kappa shape index (κ3) is 1.70. The summed E-state index contributed by atoms with van der Waals surface area (Å²) in [5.41, 5.74) is 2.43. The molecule has 16 heavy (non-hydrogen) atoms. The Bertz CT molecular complexity index is 445. The normalized spacial score (nSPS) is 19.5. The summed E-state index contributed by atoms with van der Waals surface area (Å²) < 4.78 is 0. The molecule has 0 fully saturated rings. The Labute approximate surface area is 99.6 Å². The number of carbonyl (C=O) groups is 1. The number of rotatable bonds is 0. The number of anilines is 1. The average Bonchev–Trinajstić information content (AvgIpc) is 2.23. The molecule has 1 aliphatic rings.